The highest BCUT2D eigenvalue weighted by Gasteiger charge is 2.23. The van der Waals surface area contributed by atoms with Gasteiger partial charge in [0.25, 0.3) is 0 Å². The quantitative estimate of drug-likeness (QED) is 0.869. The van der Waals surface area contributed by atoms with Crippen LogP contribution in [0.15, 0.2) is 28.7 Å². The third-order valence-electron chi connectivity index (χ3n) is 2.77. The number of hydrogen-bond donors (Lipinski definition) is 1. The average molecular weight is 231 g/mol. The summed E-state index contributed by atoms with van der Waals surface area (Å²) < 4.78 is 10.9. The van der Waals surface area contributed by atoms with Gasteiger partial charge in [0.1, 0.15) is 12.4 Å². The summed E-state index contributed by atoms with van der Waals surface area (Å²) in [5.41, 5.74) is 1.18. The van der Waals surface area contributed by atoms with Crippen molar-refractivity contribution in [2.24, 2.45) is 0 Å². The fourth-order valence-corrected chi connectivity index (χ4v) is 1.95. The van der Waals surface area contributed by atoms with Crippen LogP contribution in [-0.2, 0) is 6.54 Å². The molecule has 0 spiro atoms. The standard InChI is InChI=1S/C12H13N3O2/c1-8-14-15-12(17-8)6-13-10-7-16-11-5-3-2-4-9(10)11/h2-5,10,13H,6-7H2,1H3. The lowest BCUT2D eigenvalue weighted by atomic mass is 10.1. The number of fused-ring (bicyclic) bond motifs is 1. The molecule has 3 rings (SSSR count). The molecule has 0 bridgehead atoms. The first kappa shape index (κ1) is 10.3. The van der Waals surface area contributed by atoms with Crippen molar-refractivity contribution in [1.29, 1.82) is 0 Å². The molecule has 1 aliphatic heterocycles. The molecule has 2 heterocycles. The maximum atomic E-state index is 5.58. The number of hydrogen-bond acceptors (Lipinski definition) is 5. The molecule has 1 unspecified atom stereocenters. The van der Waals surface area contributed by atoms with Gasteiger partial charge in [0, 0.05) is 12.5 Å². The van der Waals surface area contributed by atoms with Gasteiger partial charge in [-0.25, -0.2) is 0 Å². The summed E-state index contributed by atoms with van der Waals surface area (Å²) >= 11 is 0. The van der Waals surface area contributed by atoms with E-state index in [1.807, 2.05) is 18.2 Å². The molecule has 0 aliphatic carbocycles. The van der Waals surface area contributed by atoms with Crippen molar-refractivity contribution >= 4 is 0 Å². The monoisotopic (exact) mass is 231 g/mol. The van der Waals surface area contributed by atoms with Gasteiger partial charge in [-0.1, -0.05) is 18.2 Å². The molecule has 1 aromatic carbocycles. The van der Waals surface area contributed by atoms with Crippen molar-refractivity contribution in [2.75, 3.05) is 6.61 Å². The Bertz CT molecular complexity index is 524. The van der Waals surface area contributed by atoms with E-state index in [1.54, 1.807) is 6.92 Å². The number of para-hydroxylation sites is 1. The van der Waals surface area contributed by atoms with Gasteiger partial charge in [-0.2, -0.15) is 0 Å². The Labute approximate surface area is 98.8 Å². The lowest BCUT2D eigenvalue weighted by Crippen LogP contribution is -2.22. The molecule has 0 amide bonds. The molecular weight excluding hydrogens is 218 g/mol. The molecule has 0 saturated heterocycles. The van der Waals surface area contributed by atoms with Crippen molar-refractivity contribution < 1.29 is 9.15 Å². The van der Waals surface area contributed by atoms with Crippen molar-refractivity contribution in [3.05, 3.63) is 41.6 Å². The zero-order valence-corrected chi connectivity index (χ0v) is 9.51. The van der Waals surface area contributed by atoms with Gasteiger partial charge >= 0.3 is 0 Å². The number of nitrogens with zero attached hydrogens (tertiary/aromatic N) is 2. The van der Waals surface area contributed by atoms with E-state index < -0.39 is 0 Å². The maximum Gasteiger partial charge on any atom is 0.230 e. The van der Waals surface area contributed by atoms with Crippen LogP contribution >= 0.6 is 0 Å². The van der Waals surface area contributed by atoms with Crippen molar-refractivity contribution in [3.63, 3.8) is 0 Å². The van der Waals surface area contributed by atoms with Crippen molar-refractivity contribution in [1.82, 2.24) is 15.5 Å². The first-order valence-corrected chi connectivity index (χ1v) is 5.57. The number of benzene rings is 1. The van der Waals surface area contributed by atoms with E-state index in [0.717, 1.165) is 5.75 Å². The predicted octanol–water partition coefficient (Wildman–Crippen LogP) is 1.60. The third-order valence-corrected chi connectivity index (χ3v) is 2.77. The van der Waals surface area contributed by atoms with E-state index in [-0.39, 0.29) is 6.04 Å². The summed E-state index contributed by atoms with van der Waals surface area (Å²) in [4.78, 5) is 0. The van der Waals surface area contributed by atoms with Crippen molar-refractivity contribution in [3.8, 4) is 5.75 Å². The molecular formula is C12H13N3O2. The van der Waals surface area contributed by atoms with Crippen LogP contribution in [0.3, 0.4) is 0 Å². The molecule has 1 N–H and O–H groups in total. The number of aromatic nitrogens is 2. The fourth-order valence-electron chi connectivity index (χ4n) is 1.95. The Morgan fingerprint density at radius 3 is 3.06 bits per heavy atom. The van der Waals surface area contributed by atoms with Crippen LogP contribution in [0.4, 0.5) is 0 Å². The summed E-state index contributed by atoms with van der Waals surface area (Å²) in [6.07, 6.45) is 0. The van der Waals surface area contributed by atoms with Gasteiger partial charge in [-0.3, -0.25) is 5.32 Å². The summed E-state index contributed by atoms with van der Waals surface area (Å²) in [5, 5.41) is 11.1. The van der Waals surface area contributed by atoms with Crippen LogP contribution in [-0.4, -0.2) is 16.8 Å². The number of ether oxygens (including phenoxy) is 1. The Hall–Kier alpha value is -1.88. The molecule has 2 aromatic rings. The topological polar surface area (TPSA) is 60.2 Å². The van der Waals surface area contributed by atoms with Gasteiger partial charge in [0.15, 0.2) is 0 Å². The van der Waals surface area contributed by atoms with Crippen LogP contribution in [0.25, 0.3) is 0 Å². The molecule has 17 heavy (non-hydrogen) atoms. The third kappa shape index (κ3) is 2.01. The van der Waals surface area contributed by atoms with E-state index in [2.05, 4.69) is 21.6 Å². The second-order valence-corrected chi connectivity index (χ2v) is 4.00. The summed E-state index contributed by atoms with van der Waals surface area (Å²) in [5.74, 6) is 2.14. The molecule has 1 aromatic heterocycles. The van der Waals surface area contributed by atoms with E-state index in [0.29, 0.717) is 24.9 Å². The lowest BCUT2D eigenvalue weighted by Gasteiger charge is -2.08. The fraction of sp³-hybridized carbons (Fsp3) is 0.333. The first-order chi connectivity index (χ1) is 8.33. The van der Waals surface area contributed by atoms with Crippen LogP contribution in [0.1, 0.15) is 23.4 Å². The lowest BCUT2D eigenvalue weighted by molar-refractivity contribution is 0.304. The molecule has 88 valence electrons. The molecule has 1 aliphatic rings. The zero-order chi connectivity index (χ0) is 11.7. The van der Waals surface area contributed by atoms with E-state index in [1.165, 1.54) is 5.56 Å². The second-order valence-electron chi connectivity index (χ2n) is 4.00. The van der Waals surface area contributed by atoms with E-state index >= 15 is 0 Å². The van der Waals surface area contributed by atoms with E-state index in [4.69, 9.17) is 9.15 Å². The normalized spacial score (nSPS) is 17.8. The first-order valence-electron chi connectivity index (χ1n) is 5.57. The van der Waals surface area contributed by atoms with Crippen LogP contribution < -0.4 is 10.1 Å². The summed E-state index contributed by atoms with van der Waals surface area (Å²) in [6, 6.07) is 8.23. The Morgan fingerprint density at radius 1 is 1.35 bits per heavy atom. The molecule has 5 nitrogen and oxygen atoms in total. The minimum absolute atomic E-state index is 0.193. The summed E-state index contributed by atoms with van der Waals surface area (Å²) in [6.45, 7) is 2.99. The Morgan fingerprint density at radius 2 is 2.24 bits per heavy atom. The highest BCUT2D eigenvalue weighted by Crippen LogP contribution is 2.31. The molecule has 0 radical (unpaired) electrons. The number of rotatable bonds is 3. The molecule has 0 saturated carbocycles. The van der Waals surface area contributed by atoms with Gasteiger partial charge in [-0.15, -0.1) is 10.2 Å². The SMILES string of the molecule is Cc1nnc(CNC2COc3ccccc32)o1. The number of nitrogens with one attached hydrogen (secondary N) is 1. The molecule has 5 heteroatoms. The predicted molar refractivity (Wildman–Crippen MR) is 60.6 cm³/mol. The Balaban J connectivity index is 1.68. The Kier molecular flexibility index (Phi) is 2.53. The van der Waals surface area contributed by atoms with E-state index in [9.17, 15) is 0 Å². The smallest absolute Gasteiger partial charge is 0.230 e. The minimum atomic E-state index is 0.193. The summed E-state index contributed by atoms with van der Waals surface area (Å²) in [7, 11) is 0. The molecule has 1 atom stereocenters. The second kappa shape index (κ2) is 4.18. The van der Waals surface area contributed by atoms with Gasteiger partial charge in [-0.05, 0) is 6.07 Å². The number of aryl methyl sites for hydroxylation is 1. The minimum Gasteiger partial charge on any atom is -0.491 e. The van der Waals surface area contributed by atoms with Crippen LogP contribution in [0, 0.1) is 6.92 Å². The zero-order valence-electron chi connectivity index (χ0n) is 9.51. The van der Waals surface area contributed by atoms with Gasteiger partial charge < -0.3 is 9.15 Å². The van der Waals surface area contributed by atoms with Gasteiger partial charge in [0.05, 0.1) is 12.6 Å². The van der Waals surface area contributed by atoms with Crippen LogP contribution in [0.5, 0.6) is 5.75 Å². The van der Waals surface area contributed by atoms with Gasteiger partial charge in [0.2, 0.25) is 11.8 Å². The van der Waals surface area contributed by atoms with Crippen molar-refractivity contribution in [2.45, 2.75) is 19.5 Å². The average Bonchev–Trinajstić information content (AvgIpc) is 2.93. The highest BCUT2D eigenvalue weighted by molar-refractivity contribution is 5.39. The maximum absolute atomic E-state index is 5.58. The largest absolute Gasteiger partial charge is 0.491 e. The highest BCUT2D eigenvalue weighted by atomic mass is 16.5. The molecule has 0 fully saturated rings. The van der Waals surface area contributed by atoms with Crippen LogP contribution in [0.2, 0.25) is 0 Å².